The molecule has 0 amide bonds. The number of rotatable bonds is 3. The van der Waals surface area contributed by atoms with E-state index in [1.807, 2.05) is 0 Å². The summed E-state index contributed by atoms with van der Waals surface area (Å²) in [5.41, 5.74) is 0.959. The summed E-state index contributed by atoms with van der Waals surface area (Å²) in [5.74, 6) is 0.654. The maximum absolute atomic E-state index is 4.36. The van der Waals surface area contributed by atoms with Crippen molar-refractivity contribution in [2.45, 2.75) is 19.8 Å². The maximum Gasteiger partial charge on any atom is 0.175 e. The van der Waals surface area contributed by atoms with E-state index < -0.39 is 0 Å². The van der Waals surface area contributed by atoms with Gasteiger partial charge in [0.15, 0.2) is 5.82 Å². The first-order valence-corrected chi connectivity index (χ1v) is 4.44. The van der Waals surface area contributed by atoms with E-state index in [0.717, 1.165) is 18.5 Å². The standard InChI is InChI=1S/C8H10N6/c1-2-3-7-4-9-5-8(11-7)14-6-10-12-13-14/h4-6H,2-3H2,1H3. The quantitative estimate of drug-likeness (QED) is 0.700. The Bertz CT molecular complexity index is 396. The van der Waals surface area contributed by atoms with E-state index in [-0.39, 0.29) is 0 Å². The Kier molecular flexibility index (Phi) is 2.44. The van der Waals surface area contributed by atoms with Crippen molar-refractivity contribution >= 4 is 0 Å². The fraction of sp³-hybridized carbons (Fsp3) is 0.375. The summed E-state index contributed by atoms with van der Waals surface area (Å²) in [6.07, 6.45) is 6.86. The normalized spacial score (nSPS) is 10.4. The summed E-state index contributed by atoms with van der Waals surface area (Å²) in [6, 6.07) is 0. The Balaban J connectivity index is 2.31. The number of aryl methyl sites for hydroxylation is 1. The molecule has 0 saturated heterocycles. The molecule has 0 fully saturated rings. The van der Waals surface area contributed by atoms with Gasteiger partial charge in [-0.3, -0.25) is 4.98 Å². The van der Waals surface area contributed by atoms with Crippen molar-refractivity contribution in [3.8, 4) is 5.82 Å². The number of tetrazole rings is 1. The van der Waals surface area contributed by atoms with E-state index in [0.29, 0.717) is 5.82 Å². The summed E-state index contributed by atoms with van der Waals surface area (Å²) in [4.78, 5) is 8.44. The summed E-state index contributed by atoms with van der Waals surface area (Å²) < 4.78 is 1.49. The zero-order valence-electron chi connectivity index (χ0n) is 7.83. The minimum Gasteiger partial charge on any atom is -0.259 e. The third kappa shape index (κ3) is 1.73. The third-order valence-electron chi connectivity index (χ3n) is 1.76. The van der Waals surface area contributed by atoms with Crippen LogP contribution in [0.4, 0.5) is 0 Å². The Hall–Kier alpha value is -1.85. The third-order valence-corrected chi connectivity index (χ3v) is 1.76. The van der Waals surface area contributed by atoms with Crippen molar-refractivity contribution in [1.29, 1.82) is 0 Å². The largest absolute Gasteiger partial charge is 0.259 e. The lowest BCUT2D eigenvalue weighted by Gasteiger charge is -2.00. The van der Waals surface area contributed by atoms with Gasteiger partial charge in [-0.25, -0.2) is 4.98 Å². The van der Waals surface area contributed by atoms with E-state index in [1.165, 1.54) is 11.0 Å². The van der Waals surface area contributed by atoms with Gasteiger partial charge >= 0.3 is 0 Å². The SMILES string of the molecule is CCCc1cncc(-n2cnnn2)n1. The lowest BCUT2D eigenvalue weighted by molar-refractivity contribution is 0.753. The summed E-state index contributed by atoms with van der Waals surface area (Å²) in [7, 11) is 0. The molecule has 0 aromatic carbocycles. The second-order valence-corrected chi connectivity index (χ2v) is 2.87. The minimum atomic E-state index is 0.654. The molecule has 6 nitrogen and oxygen atoms in total. The Morgan fingerprint density at radius 1 is 1.36 bits per heavy atom. The van der Waals surface area contributed by atoms with Crippen LogP contribution in [0.3, 0.4) is 0 Å². The zero-order chi connectivity index (χ0) is 9.80. The van der Waals surface area contributed by atoms with Gasteiger partial charge in [0.05, 0.1) is 11.9 Å². The molecule has 2 aromatic heterocycles. The molecule has 0 unspecified atom stereocenters. The Morgan fingerprint density at radius 2 is 2.29 bits per heavy atom. The second-order valence-electron chi connectivity index (χ2n) is 2.87. The van der Waals surface area contributed by atoms with Crippen molar-refractivity contribution in [2.75, 3.05) is 0 Å². The highest BCUT2D eigenvalue weighted by molar-refractivity contribution is 5.16. The molecule has 0 radical (unpaired) electrons. The molecule has 2 heterocycles. The predicted octanol–water partition coefficient (Wildman–Crippen LogP) is 0.405. The highest BCUT2D eigenvalue weighted by atomic mass is 15.5. The van der Waals surface area contributed by atoms with Crippen LogP contribution in [0.15, 0.2) is 18.7 Å². The van der Waals surface area contributed by atoms with Crippen LogP contribution < -0.4 is 0 Å². The second kappa shape index (κ2) is 3.91. The van der Waals surface area contributed by atoms with Gasteiger partial charge in [0.1, 0.15) is 6.33 Å². The first-order valence-electron chi connectivity index (χ1n) is 4.44. The van der Waals surface area contributed by atoms with Crippen LogP contribution in [-0.2, 0) is 6.42 Å². The molecular weight excluding hydrogens is 180 g/mol. The fourth-order valence-corrected chi connectivity index (χ4v) is 1.15. The fourth-order valence-electron chi connectivity index (χ4n) is 1.15. The van der Waals surface area contributed by atoms with Crippen molar-refractivity contribution < 1.29 is 0 Å². The molecule has 6 heteroatoms. The van der Waals surface area contributed by atoms with Gasteiger partial charge in [-0.1, -0.05) is 13.3 Å². The first-order chi connectivity index (χ1) is 6.90. The Morgan fingerprint density at radius 3 is 3.00 bits per heavy atom. The highest BCUT2D eigenvalue weighted by Crippen LogP contribution is 2.02. The molecule has 0 saturated carbocycles. The van der Waals surface area contributed by atoms with Crippen LogP contribution in [0.1, 0.15) is 19.0 Å². The van der Waals surface area contributed by atoms with Crippen LogP contribution in [0.5, 0.6) is 0 Å². The van der Waals surface area contributed by atoms with Gasteiger partial charge < -0.3 is 0 Å². The molecule has 2 aromatic rings. The predicted molar refractivity (Wildman–Crippen MR) is 48.7 cm³/mol. The minimum absolute atomic E-state index is 0.654. The average Bonchev–Trinajstić information content (AvgIpc) is 2.71. The van der Waals surface area contributed by atoms with Crippen molar-refractivity contribution in [3.63, 3.8) is 0 Å². The van der Waals surface area contributed by atoms with E-state index in [4.69, 9.17) is 0 Å². The number of aromatic nitrogens is 6. The lowest BCUT2D eigenvalue weighted by Crippen LogP contribution is -2.02. The van der Waals surface area contributed by atoms with Crippen molar-refractivity contribution in [3.05, 3.63) is 24.4 Å². The van der Waals surface area contributed by atoms with Gasteiger partial charge in [-0.05, 0) is 16.8 Å². The van der Waals surface area contributed by atoms with Crippen molar-refractivity contribution in [1.82, 2.24) is 30.2 Å². The van der Waals surface area contributed by atoms with Crippen LogP contribution in [-0.4, -0.2) is 30.2 Å². The van der Waals surface area contributed by atoms with E-state index >= 15 is 0 Å². The number of nitrogens with zero attached hydrogens (tertiary/aromatic N) is 6. The first kappa shape index (κ1) is 8.74. The van der Waals surface area contributed by atoms with E-state index in [9.17, 15) is 0 Å². The number of hydrogen-bond acceptors (Lipinski definition) is 5. The molecule has 0 atom stereocenters. The molecule has 0 aliphatic rings. The van der Waals surface area contributed by atoms with E-state index in [1.54, 1.807) is 12.4 Å². The topological polar surface area (TPSA) is 69.4 Å². The lowest BCUT2D eigenvalue weighted by atomic mass is 10.3. The van der Waals surface area contributed by atoms with Crippen LogP contribution in [0.25, 0.3) is 5.82 Å². The smallest absolute Gasteiger partial charge is 0.175 e. The van der Waals surface area contributed by atoms with Crippen LogP contribution in [0.2, 0.25) is 0 Å². The van der Waals surface area contributed by atoms with Gasteiger partial charge in [0.25, 0.3) is 0 Å². The van der Waals surface area contributed by atoms with Crippen molar-refractivity contribution in [2.24, 2.45) is 0 Å². The molecule has 0 N–H and O–H groups in total. The Labute approximate surface area is 81.0 Å². The molecular formula is C8H10N6. The zero-order valence-corrected chi connectivity index (χ0v) is 7.83. The molecule has 0 aliphatic carbocycles. The summed E-state index contributed by atoms with van der Waals surface area (Å²) in [5, 5.41) is 10.8. The summed E-state index contributed by atoms with van der Waals surface area (Å²) in [6.45, 7) is 2.10. The van der Waals surface area contributed by atoms with Crippen LogP contribution >= 0.6 is 0 Å². The molecule has 72 valence electrons. The number of hydrogen-bond donors (Lipinski definition) is 0. The van der Waals surface area contributed by atoms with Gasteiger partial charge in [-0.2, -0.15) is 4.68 Å². The molecule has 0 bridgehead atoms. The maximum atomic E-state index is 4.36. The molecule has 14 heavy (non-hydrogen) atoms. The molecule has 0 aliphatic heterocycles. The monoisotopic (exact) mass is 190 g/mol. The van der Waals surface area contributed by atoms with Gasteiger partial charge in [-0.15, -0.1) is 5.10 Å². The molecule has 2 rings (SSSR count). The van der Waals surface area contributed by atoms with Gasteiger partial charge in [0.2, 0.25) is 0 Å². The highest BCUT2D eigenvalue weighted by Gasteiger charge is 2.01. The average molecular weight is 190 g/mol. The van der Waals surface area contributed by atoms with Gasteiger partial charge in [0, 0.05) is 6.20 Å². The molecule has 0 spiro atoms. The van der Waals surface area contributed by atoms with E-state index in [2.05, 4.69) is 32.4 Å². The summed E-state index contributed by atoms with van der Waals surface area (Å²) >= 11 is 0. The van der Waals surface area contributed by atoms with Crippen LogP contribution in [0, 0.1) is 0 Å².